The fourth-order valence-corrected chi connectivity index (χ4v) is 4.12. The number of rotatable bonds is 19. The number of unbranched alkanes of at least 4 members (excludes halogenated alkanes) is 9. The van der Waals surface area contributed by atoms with Crippen LogP contribution in [0, 0.1) is 0 Å². The summed E-state index contributed by atoms with van der Waals surface area (Å²) in [6.07, 6.45) is 25.0. The van der Waals surface area contributed by atoms with E-state index in [0.717, 1.165) is 13.0 Å². The lowest BCUT2D eigenvalue weighted by Crippen LogP contribution is -2.26. The molecule has 1 N–H and O–H groups in total. The third-order valence-corrected chi connectivity index (χ3v) is 5.76. The molecule has 0 radical (unpaired) electrons. The molecule has 0 aromatic rings. The number of thioether (sulfide) groups is 1. The molecule has 1 unspecified atom stereocenters. The van der Waals surface area contributed by atoms with Gasteiger partial charge in [0.2, 0.25) is 0 Å². The molecule has 0 saturated carbocycles. The maximum Gasteiger partial charge on any atom is 0.0562 e. The van der Waals surface area contributed by atoms with Crippen LogP contribution in [0.2, 0.25) is 0 Å². The van der Waals surface area contributed by atoms with Crippen LogP contribution in [0.25, 0.3) is 0 Å². The van der Waals surface area contributed by atoms with Crippen LogP contribution in [-0.2, 0) is 0 Å². The molecule has 3 heteroatoms. The molecule has 0 aliphatic carbocycles. The molecule has 2 nitrogen and oxygen atoms in total. The lowest BCUT2D eigenvalue weighted by molar-refractivity contribution is 0.269. The van der Waals surface area contributed by atoms with Crippen LogP contribution in [-0.4, -0.2) is 48.3 Å². The van der Waals surface area contributed by atoms with Crippen molar-refractivity contribution in [3.63, 3.8) is 0 Å². The van der Waals surface area contributed by atoms with Gasteiger partial charge >= 0.3 is 0 Å². The number of aliphatic hydroxyl groups is 1. The van der Waals surface area contributed by atoms with E-state index >= 15 is 0 Å². The molecule has 0 aliphatic rings. The molecule has 0 rings (SSSR count). The van der Waals surface area contributed by atoms with E-state index in [0.29, 0.717) is 11.9 Å². The summed E-state index contributed by atoms with van der Waals surface area (Å²) in [6, 6.07) is 0. The average Bonchev–Trinajstić information content (AvgIpc) is 2.63. The van der Waals surface area contributed by atoms with Gasteiger partial charge < -0.3 is 10.0 Å². The van der Waals surface area contributed by atoms with Crippen LogP contribution in [0.15, 0.2) is 24.3 Å². The first-order valence-electron chi connectivity index (χ1n) is 10.9. The van der Waals surface area contributed by atoms with Crippen molar-refractivity contribution in [2.45, 2.75) is 89.2 Å². The Morgan fingerprint density at radius 1 is 0.808 bits per heavy atom. The summed E-state index contributed by atoms with van der Waals surface area (Å²) in [7, 11) is 4.15. The van der Waals surface area contributed by atoms with Crippen molar-refractivity contribution in [2.24, 2.45) is 0 Å². The van der Waals surface area contributed by atoms with Gasteiger partial charge in [-0.2, -0.15) is 11.8 Å². The highest BCUT2D eigenvalue weighted by atomic mass is 32.2. The molecule has 0 aromatic carbocycles. The zero-order chi connectivity index (χ0) is 19.3. The van der Waals surface area contributed by atoms with Crippen LogP contribution in [0.4, 0.5) is 0 Å². The fraction of sp³-hybridized carbons (Fsp3) is 0.826. The van der Waals surface area contributed by atoms with E-state index in [-0.39, 0.29) is 0 Å². The highest BCUT2D eigenvalue weighted by molar-refractivity contribution is 7.99. The number of hydrogen-bond donors (Lipinski definition) is 1. The molecular formula is C23H45NOS. The molecular weight excluding hydrogens is 338 g/mol. The van der Waals surface area contributed by atoms with Crippen molar-refractivity contribution >= 4 is 11.8 Å². The van der Waals surface area contributed by atoms with Crippen LogP contribution in [0.3, 0.4) is 0 Å². The number of aliphatic hydroxyl groups excluding tert-OH is 1. The van der Waals surface area contributed by atoms with Crippen LogP contribution < -0.4 is 0 Å². The average molecular weight is 384 g/mol. The minimum atomic E-state index is 0.297. The molecule has 0 amide bonds. The minimum Gasteiger partial charge on any atom is -0.395 e. The third kappa shape index (κ3) is 20.1. The van der Waals surface area contributed by atoms with E-state index in [1.54, 1.807) is 0 Å². The SMILES string of the molecule is CCCCCC=CCC=CCCCCCCCCSC(CO)CN(C)C. The van der Waals surface area contributed by atoms with Crippen LogP contribution in [0.1, 0.15) is 84.0 Å². The quantitative estimate of drug-likeness (QED) is 0.205. The molecule has 0 spiro atoms. The van der Waals surface area contributed by atoms with E-state index in [2.05, 4.69) is 50.2 Å². The molecule has 0 fully saturated rings. The van der Waals surface area contributed by atoms with Gasteiger partial charge in [0.1, 0.15) is 0 Å². The number of hydrogen-bond acceptors (Lipinski definition) is 3. The lowest BCUT2D eigenvalue weighted by Gasteiger charge is -2.18. The topological polar surface area (TPSA) is 23.5 Å². The second-order valence-corrected chi connectivity index (χ2v) is 8.93. The molecule has 0 saturated heterocycles. The largest absolute Gasteiger partial charge is 0.395 e. The Morgan fingerprint density at radius 3 is 1.96 bits per heavy atom. The smallest absolute Gasteiger partial charge is 0.0562 e. The van der Waals surface area contributed by atoms with Gasteiger partial charge in [0, 0.05) is 11.8 Å². The van der Waals surface area contributed by atoms with E-state index in [1.165, 1.54) is 76.4 Å². The standard InChI is InChI=1S/C23H45NOS/c1-4-5-6-7-8-9-10-11-12-13-14-15-16-17-18-19-20-26-23(22-25)21-24(2)3/h8-9,11-12,23,25H,4-7,10,13-22H2,1-3H3. The Bertz CT molecular complexity index is 328. The number of allylic oxidation sites excluding steroid dienone is 4. The van der Waals surface area contributed by atoms with Gasteiger partial charge in [-0.15, -0.1) is 0 Å². The summed E-state index contributed by atoms with van der Waals surface area (Å²) in [5.74, 6) is 1.19. The number of nitrogens with zero attached hydrogens (tertiary/aromatic N) is 1. The van der Waals surface area contributed by atoms with Crippen molar-refractivity contribution in [3.05, 3.63) is 24.3 Å². The summed E-state index contributed by atoms with van der Waals surface area (Å²) < 4.78 is 0. The normalized spacial score (nSPS) is 13.4. The van der Waals surface area contributed by atoms with E-state index in [1.807, 2.05) is 11.8 Å². The lowest BCUT2D eigenvalue weighted by atomic mass is 10.1. The Balaban J connectivity index is 3.29. The van der Waals surface area contributed by atoms with Crippen LogP contribution >= 0.6 is 11.8 Å². The maximum atomic E-state index is 9.35. The molecule has 1 atom stereocenters. The first-order valence-corrected chi connectivity index (χ1v) is 11.9. The van der Waals surface area contributed by atoms with E-state index in [9.17, 15) is 5.11 Å². The van der Waals surface area contributed by atoms with Crippen molar-refractivity contribution in [1.82, 2.24) is 4.90 Å². The Kier molecular flexibility index (Phi) is 20.9. The van der Waals surface area contributed by atoms with E-state index in [4.69, 9.17) is 0 Å². The predicted octanol–water partition coefficient (Wildman–Crippen LogP) is 6.46. The van der Waals surface area contributed by atoms with Crippen molar-refractivity contribution < 1.29 is 5.11 Å². The summed E-state index contributed by atoms with van der Waals surface area (Å²) in [6.45, 7) is 3.53. The Labute approximate surface area is 168 Å². The minimum absolute atomic E-state index is 0.297. The van der Waals surface area contributed by atoms with Crippen molar-refractivity contribution in [2.75, 3.05) is 33.0 Å². The van der Waals surface area contributed by atoms with Gasteiger partial charge in [0.05, 0.1) is 6.61 Å². The highest BCUT2D eigenvalue weighted by Gasteiger charge is 2.08. The third-order valence-electron chi connectivity index (χ3n) is 4.47. The zero-order valence-electron chi connectivity index (χ0n) is 17.8. The second-order valence-electron chi connectivity index (χ2n) is 7.52. The first-order chi connectivity index (χ1) is 12.7. The molecule has 0 aliphatic heterocycles. The molecule has 154 valence electrons. The van der Waals surface area contributed by atoms with Crippen molar-refractivity contribution in [1.29, 1.82) is 0 Å². The predicted molar refractivity (Wildman–Crippen MR) is 121 cm³/mol. The summed E-state index contributed by atoms with van der Waals surface area (Å²) in [4.78, 5) is 2.16. The first kappa shape index (κ1) is 25.8. The zero-order valence-corrected chi connectivity index (χ0v) is 18.6. The van der Waals surface area contributed by atoms with Gasteiger partial charge in [-0.3, -0.25) is 0 Å². The Hall–Kier alpha value is -0.250. The molecule has 0 aromatic heterocycles. The molecule has 0 heterocycles. The molecule has 0 bridgehead atoms. The van der Waals surface area contributed by atoms with Gasteiger partial charge in [0.15, 0.2) is 0 Å². The van der Waals surface area contributed by atoms with Crippen molar-refractivity contribution in [3.8, 4) is 0 Å². The summed E-state index contributed by atoms with van der Waals surface area (Å²) >= 11 is 1.93. The summed E-state index contributed by atoms with van der Waals surface area (Å²) in [5, 5.41) is 9.73. The van der Waals surface area contributed by atoms with Crippen LogP contribution in [0.5, 0.6) is 0 Å². The monoisotopic (exact) mass is 383 g/mol. The Morgan fingerprint density at radius 2 is 1.38 bits per heavy atom. The van der Waals surface area contributed by atoms with Gasteiger partial charge in [-0.25, -0.2) is 0 Å². The van der Waals surface area contributed by atoms with Gasteiger partial charge in [-0.05, 0) is 58.4 Å². The molecule has 26 heavy (non-hydrogen) atoms. The summed E-state index contributed by atoms with van der Waals surface area (Å²) in [5.41, 5.74) is 0. The van der Waals surface area contributed by atoms with E-state index < -0.39 is 0 Å². The fourth-order valence-electron chi connectivity index (χ4n) is 2.91. The van der Waals surface area contributed by atoms with Gasteiger partial charge in [-0.1, -0.05) is 69.8 Å². The maximum absolute atomic E-state index is 9.35. The van der Waals surface area contributed by atoms with Gasteiger partial charge in [0.25, 0.3) is 0 Å². The highest BCUT2D eigenvalue weighted by Crippen LogP contribution is 2.15. The second kappa shape index (κ2) is 21.1.